The van der Waals surface area contributed by atoms with E-state index in [4.69, 9.17) is 5.73 Å². The molecule has 5 nitrogen and oxygen atoms in total. The average Bonchev–Trinajstić information content (AvgIpc) is 2.66. The molecule has 0 amide bonds. The Morgan fingerprint density at radius 2 is 2.22 bits per heavy atom. The Morgan fingerprint density at radius 1 is 1.61 bits per heavy atom. The number of ether oxygens (including phenoxy) is 1. The van der Waals surface area contributed by atoms with Gasteiger partial charge >= 0.3 is 5.97 Å². The van der Waals surface area contributed by atoms with E-state index in [0.717, 1.165) is 0 Å². The summed E-state index contributed by atoms with van der Waals surface area (Å²) in [5.74, 6) is -3.31. The van der Waals surface area contributed by atoms with Crippen molar-refractivity contribution in [3.05, 3.63) is 17.5 Å². The number of nitrogens with two attached hydrogens (primary N) is 1. The predicted molar refractivity (Wildman–Crippen MR) is 59.5 cm³/mol. The van der Waals surface area contributed by atoms with Crippen molar-refractivity contribution in [3.63, 3.8) is 0 Å². The van der Waals surface area contributed by atoms with E-state index in [0.29, 0.717) is 5.69 Å². The SMILES string of the molecule is COC(=O)c1cnn(C)c1C1(CN)CC(F)(F)C1. The summed E-state index contributed by atoms with van der Waals surface area (Å²) in [5, 5.41) is 3.94. The molecule has 1 aliphatic carbocycles. The number of halogens is 2. The highest BCUT2D eigenvalue weighted by atomic mass is 19.3. The van der Waals surface area contributed by atoms with Gasteiger partial charge in [0.2, 0.25) is 5.92 Å². The first kappa shape index (κ1) is 12.9. The summed E-state index contributed by atoms with van der Waals surface area (Å²) in [6.07, 6.45) is 0.606. The zero-order valence-electron chi connectivity index (χ0n) is 10.2. The molecule has 0 unspecified atom stereocenters. The Balaban J connectivity index is 2.44. The quantitative estimate of drug-likeness (QED) is 0.816. The second-order valence-corrected chi connectivity index (χ2v) is 4.72. The number of methoxy groups -OCH3 is 1. The van der Waals surface area contributed by atoms with Crippen LogP contribution in [-0.2, 0) is 17.2 Å². The molecule has 1 saturated carbocycles. The fraction of sp³-hybridized carbons (Fsp3) is 0.636. The van der Waals surface area contributed by atoms with Gasteiger partial charge in [0.15, 0.2) is 0 Å². The molecule has 0 radical (unpaired) electrons. The van der Waals surface area contributed by atoms with Crippen LogP contribution in [0.4, 0.5) is 8.78 Å². The van der Waals surface area contributed by atoms with Crippen LogP contribution in [0.25, 0.3) is 0 Å². The fourth-order valence-electron chi connectivity index (χ4n) is 2.67. The van der Waals surface area contributed by atoms with Gasteiger partial charge in [0.1, 0.15) is 5.56 Å². The normalized spacial score (nSPS) is 20.3. The molecule has 18 heavy (non-hydrogen) atoms. The topological polar surface area (TPSA) is 70.1 Å². The van der Waals surface area contributed by atoms with Crippen molar-refractivity contribution in [3.8, 4) is 0 Å². The van der Waals surface area contributed by atoms with Crippen molar-refractivity contribution in [2.24, 2.45) is 12.8 Å². The first-order valence-electron chi connectivity index (χ1n) is 5.54. The molecule has 0 spiro atoms. The van der Waals surface area contributed by atoms with E-state index in [-0.39, 0.29) is 24.9 Å². The number of alkyl halides is 2. The van der Waals surface area contributed by atoms with E-state index in [9.17, 15) is 13.6 Å². The van der Waals surface area contributed by atoms with Crippen LogP contribution in [0.1, 0.15) is 28.9 Å². The molecule has 1 heterocycles. The molecule has 0 atom stereocenters. The number of aryl methyl sites for hydroxylation is 1. The summed E-state index contributed by atoms with van der Waals surface area (Å²) in [4.78, 5) is 11.6. The molecule has 1 aliphatic rings. The smallest absolute Gasteiger partial charge is 0.341 e. The van der Waals surface area contributed by atoms with Crippen molar-refractivity contribution in [2.75, 3.05) is 13.7 Å². The van der Waals surface area contributed by atoms with Crippen molar-refractivity contribution in [1.29, 1.82) is 0 Å². The van der Waals surface area contributed by atoms with Crippen LogP contribution in [0.2, 0.25) is 0 Å². The molecule has 1 aromatic rings. The summed E-state index contributed by atoms with van der Waals surface area (Å²) in [7, 11) is 2.85. The van der Waals surface area contributed by atoms with Crippen LogP contribution < -0.4 is 5.73 Å². The van der Waals surface area contributed by atoms with Gasteiger partial charge in [-0.2, -0.15) is 5.10 Å². The lowest BCUT2D eigenvalue weighted by Crippen LogP contribution is -2.55. The monoisotopic (exact) mass is 259 g/mol. The lowest BCUT2D eigenvalue weighted by Gasteiger charge is -2.46. The number of nitrogens with zero attached hydrogens (tertiary/aromatic N) is 2. The molecule has 0 aliphatic heterocycles. The molecular formula is C11H15F2N3O2. The van der Waals surface area contributed by atoms with Gasteiger partial charge in [-0.1, -0.05) is 0 Å². The second-order valence-electron chi connectivity index (χ2n) is 4.72. The maximum atomic E-state index is 13.2. The number of hydrogen-bond donors (Lipinski definition) is 1. The molecule has 0 saturated heterocycles. The Bertz CT molecular complexity index is 477. The van der Waals surface area contributed by atoms with Crippen molar-refractivity contribution >= 4 is 5.97 Å². The number of esters is 1. The number of rotatable bonds is 3. The lowest BCUT2D eigenvalue weighted by atomic mass is 9.63. The van der Waals surface area contributed by atoms with E-state index in [2.05, 4.69) is 9.84 Å². The zero-order chi connectivity index (χ0) is 13.6. The van der Waals surface area contributed by atoms with Gasteiger partial charge in [0.25, 0.3) is 0 Å². The minimum atomic E-state index is -2.73. The molecule has 0 aromatic carbocycles. The summed E-state index contributed by atoms with van der Waals surface area (Å²) >= 11 is 0. The second kappa shape index (κ2) is 4.01. The summed E-state index contributed by atoms with van der Waals surface area (Å²) in [5.41, 5.74) is 5.39. The molecule has 1 fully saturated rings. The van der Waals surface area contributed by atoms with Gasteiger partial charge in [0, 0.05) is 31.8 Å². The number of carbonyl (C=O) groups is 1. The van der Waals surface area contributed by atoms with Gasteiger partial charge in [0.05, 0.1) is 19.0 Å². The van der Waals surface area contributed by atoms with Gasteiger partial charge in [-0.15, -0.1) is 0 Å². The zero-order valence-corrected chi connectivity index (χ0v) is 10.2. The first-order valence-corrected chi connectivity index (χ1v) is 5.54. The Kier molecular flexibility index (Phi) is 2.89. The maximum Gasteiger partial charge on any atom is 0.341 e. The van der Waals surface area contributed by atoms with Crippen molar-refractivity contribution < 1.29 is 18.3 Å². The van der Waals surface area contributed by atoms with E-state index in [1.165, 1.54) is 18.0 Å². The van der Waals surface area contributed by atoms with Crippen molar-refractivity contribution in [2.45, 2.75) is 24.2 Å². The van der Waals surface area contributed by atoms with Gasteiger partial charge in [-0.25, -0.2) is 13.6 Å². The van der Waals surface area contributed by atoms with Crippen molar-refractivity contribution in [1.82, 2.24) is 9.78 Å². The Labute approximate surface area is 103 Å². The summed E-state index contributed by atoms with van der Waals surface area (Å²) in [6, 6.07) is 0. The number of carbonyl (C=O) groups excluding carboxylic acids is 1. The average molecular weight is 259 g/mol. The van der Waals surface area contributed by atoms with Gasteiger partial charge in [-0.3, -0.25) is 4.68 Å². The van der Waals surface area contributed by atoms with Gasteiger partial charge < -0.3 is 10.5 Å². The molecule has 0 bridgehead atoms. The van der Waals surface area contributed by atoms with Crippen LogP contribution in [0.15, 0.2) is 6.20 Å². The first-order chi connectivity index (χ1) is 8.35. The van der Waals surface area contributed by atoms with E-state index >= 15 is 0 Å². The molecule has 2 rings (SSSR count). The number of aromatic nitrogens is 2. The molecule has 1 aromatic heterocycles. The Hall–Kier alpha value is -1.50. The van der Waals surface area contributed by atoms with E-state index < -0.39 is 17.3 Å². The molecule has 2 N–H and O–H groups in total. The predicted octanol–water partition coefficient (Wildman–Crippen LogP) is 0.832. The Morgan fingerprint density at radius 3 is 2.67 bits per heavy atom. The van der Waals surface area contributed by atoms with Crippen LogP contribution in [0, 0.1) is 0 Å². The third kappa shape index (κ3) is 1.78. The van der Waals surface area contributed by atoms with E-state index in [1.807, 2.05) is 0 Å². The minimum Gasteiger partial charge on any atom is -0.465 e. The molecular weight excluding hydrogens is 244 g/mol. The molecule has 7 heteroatoms. The standard InChI is InChI=1S/C11H15F2N3O2/c1-16-8(7(3-15-16)9(17)18-2)10(6-14)4-11(12,13)5-10/h3H,4-6,14H2,1-2H3. The highest BCUT2D eigenvalue weighted by Crippen LogP contribution is 2.53. The van der Waals surface area contributed by atoms with Crippen LogP contribution in [-0.4, -0.2) is 35.3 Å². The highest BCUT2D eigenvalue weighted by Gasteiger charge is 2.58. The third-order valence-corrected chi connectivity index (χ3v) is 3.43. The van der Waals surface area contributed by atoms with Crippen LogP contribution >= 0.6 is 0 Å². The lowest BCUT2D eigenvalue weighted by molar-refractivity contribution is -0.126. The third-order valence-electron chi connectivity index (χ3n) is 3.43. The van der Waals surface area contributed by atoms with Crippen LogP contribution in [0.3, 0.4) is 0 Å². The minimum absolute atomic E-state index is 0.0477. The summed E-state index contributed by atoms with van der Waals surface area (Å²) in [6.45, 7) is 0.0477. The summed E-state index contributed by atoms with van der Waals surface area (Å²) < 4.78 is 32.4. The van der Waals surface area contributed by atoms with Gasteiger partial charge in [-0.05, 0) is 0 Å². The fourth-order valence-corrected chi connectivity index (χ4v) is 2.67. The molecule has 100 valence electrons. The van der Waals surface area contributed by atoms with E-state index in [1.54, 1.807) is 7.05 Å². The van der Waals surface area contributed by atoms with Crippen LogP contribution in [0.5, 0.6) is 0 Å². The largest absolute Gasteiger partial charge is 0.465 e. The number of hydrogen-bond acceptors (Lipinski definition) is 4. The maximum absolute atomic E-state index is 13.2. The highest BCUT2D eigenvalue weighted by molar-refractivity contribution is 5.90.